The van der Waals surface area contributed by atoms with Crippen LogP contribution in [0.15, 0.2) is 176 Å². The number of hydrogen-bond donors (Lipinski definition) is 0. The predicted octanol–water partition coefficient (Wildman–Crippen LogP) is 13.0. The number of nitrogens with zero attached hydrogens (tertiary/aromatic N) is 2. The Morgan fingerprint density at radius 1 is 0.439 bits per heavy atom. The Morgan fingerprint density at radius 3 is 1.40 bits per heavy atom. The maximum Gasteiger partial charge on any atom is 0.500 e. The summed E-state index contributed by atoms with van der Waals surface area (Å²) in [4.78, 5) is 4.57. The summed E-state index contributed by atoms with van der Waals surface area (Å²) in [5, 5.41) is 0. The van der Waals surface area contributed by atoms with Gasteiger partial charge in [0.05, 0.1) is 16.9 Å². The van der Waals surface area contributed by atoms with E-state index in [-0.39, 0.29) is 5.41 Å². The topological polar surface area (TPSA) is 34.2 Å². The van der Waals surface area contributed by atoms with Crippen molar-refractivity contribution in [2.24, 2.45) is 0 Å². The van der Waals surface area contributed by atoms with Crippen molar-refractivity contribution in [2.45, 2.75) is 58.2 Å². The molecule has 1 fully saturated rings. The van der Waals surface area contributed by atoms with Crippen LogP contribution in [0.2, 0.25) is 0 Å². The lowest BCUT2D eigenvalue weighted by Crippen LogP contribution is -2.41. The van der Waals surface area contributed by atoms with Crippen molar-refractivity contribution in [1.82, 2.24) is 0 Å². The van der Waals surface area contributed by atoms with E-state index >= 15 is 0 Å². The van der Waals surface area contributed by atoms with Crippen LogP contribution in [-0.2, 0) is 14.7 Å². The lowest BCUT2D eigenvalue weighted by atomic mass is 9.76. The van der Waals surface area contributed by atoms with Gasteiger partial charge in [-0.2, -0.15) is 0 Å². The predicted molar refractivity (Wildman–Crippen MR) is 236 cm³/mol. The smallest absolute Gasteiger partial charge is 0.455 e. The van der Waals surface area contributed by atoms with Crippen molar-refractivity contribution in [3.63, 3.8) is 0 Å². The molecule has 282 valence electrons. The van der Waals surface area contributed by atoms with Crippen molar-refractivity contribution < 1.29 is 14.0 Å². The lowest BCUT2D eigenvalue weighted by molar-refractivity contribution is 0.00578. The molecule has 0 N–H and O–H groups in total. The highest BCUT2D eigenvalue weighted by molar-refractivity contribution is 6.65. The third kappa shape index (κ3) is 6.30. The van der Waals surface area contributed by atoms with Gasteiger partial charge in [-0.1, -0.05) is 123 Å². The van der Waals surface area contributed by atoms with Crippen LogP contribution < -0.4 is 20.0 Å². The Labute approximate surface area is 337 Å². The molecule has 0 atom stereocenters. The second-order valence-corrected chi connectivity index (χ2v) is 16.4. The molecule has 0 bridgehead atoms. The molecule has 0 saturated carbocycles. The molecular formula is C51H47BN2O3. The first-order chi connectivity index (χ1) is 27.5. The molecule has 0 aromatic heterocycles. The second kappa shape index (κ2) is 14.1. The molecule has 1 heterocycles. The summed E-state index contributed by atoms with van der Waals surface area (Å²) in [6.45, 7) is 13.0. The van der Waals surface area contributed by atoms with Gasteiger partial charge in [0, 0.05) is 44.9 Å². The first-order valence-corrected chi connectivity index (χ1v) is 19.8. The molecule has 57 heavy (non-hydrogen) atoms. The van der Waals surface area contributed by atoms with E-state index in [1.165, 1.54) is 16.7 Å². The zero-order valence-corrected chi connectivity index (χ0v) is 33.4. The molecule has 5 nitrogen and oxygen atoms in total. The molecular weight excluding hydrogens is 699 g/mol. The molecule has 7 aromatic rings. The Bertz CT molecular complexity index is 2450. The maximum atomic E-state index is 7.66. The monoisotopic (exact) mass is 746 g/mol. The third-order valence-electron chi connectivity index (χ3n) is 11.9. The second-order valence-electron chi connectivity index (χ2n) is 16.4. The van der Waals surface area contributed by atoms with Gasteiger partial charge in [-0.25, -0.2) is 0 Å². The molecule has 0 unspecified atom stereocenters. The van der Waals surface area contributed by atoms with Gasteiger partial charge in [0.2, 0.25) is 0 Å². The van der Waals surface area contributed by atoms with Gasteiger partial charge >= 0.3 is 7.12 Å². The molecule has 0 spiro atoms. The standard InChI is InChI=1S/C51H47BN2O3/c1-49(2)42-31-20-19-30-40(42)41-34-35-44(54(38-26-15-9-16-27-38)39-28-17-10-18-29-39)48(46(41)49)55-45-33-21-32-43(47(45)52-56-50(3,4)51(5,6)57-52)53(36-22-11-7-12-23-36)37-24-13-8-14-25-37/h7-35H,1-6H3. The zero-order chi connectivity index (χ0) is 39.4. The summed E-state index contributed by atoms with van der Waals surface area (Å²) < 4.78 is 21.6. The van der Waals surface area contributed by atoms with Crippen LogP contribution in [0, 0.1) is 0 Å². The normalized spacial score (nSPS) is 15.8. The van der Waals surface area contributed by atoms with E-state index in [1.54, 1.807) is 0 Å². The van der Waals surface area contributed by atoms with E-state index in [0.29, 0.717) is 5.75 Å². The molecule has 2 aliphatic rings. The molecule has 1 saturated heterocycles. The molecule has 0 amide bonds. The van der Waals surface area contributed by atoms with Crippen LogP contribution >= 0.6 is 0 Å². The molecule has 1 aliphatic carbocycles. The highest BCUT2D eigenvalue weighted by Crippen LogP contribution is 2.57. The SMILES string of the molecule is CC1(C)c2ccccc2-c2ccc(N(c3ccccc3)c3ccccc3)c(Oc3cccc(N(c4ccccc4)c4ccccc4)c3B3OC(C)(C)C(C)(C)O3)c21. The van der Waals surface area contributed by atoms with Crippen molar-refractivity contribution in [3.8, 4) is 22.6 Å². The van der Waals surface area contributed by atoms with Crippen molar-refractivity contribution in [1.29, 1.82) is 0 Å². The van der Waals surface area contributed by atoms with E-state index in [1.807, 2.05) is 12.1 Å². The minimum absolute atomic E-state index is 0.376. The maximum absolute atomic E-state index is 7.66. The number of benzene rings is 7. The summed E-state index contributed by atoms with van der Waals surface area (Å²) >= 11 is 0. The van der Waals surface area contributed by atoms with Gasteiger partial charge in [-0.05, 0) is 111 Å². The van der Waals surface area contributed by atoms with E-state index in [9.17, 15) is 0 Å². The number of hydrogen-bond acceptors (Lipinski definition) is 5. The summed E-state index contributed by atoms with van der Waals surface area (Å²) in [5.74, 6) is 1.44. The average molecular weight is 747 g/mol. The van der Waals surface area contributed by atoms with E-state index in [0.717, 1.165) is 50.9 Å². The van der Waals surface area contributed by atoms with Gasteiger partial charge in [-0.3, -0.25) is 0 Å². The number of anilines is 6. The Balaban J connectivity index is 1.33. The highest BCUT2D eigenvalue weighted by Gasteiger charge is 2.54. The van der Waals surface area contributed by atoms with E-state index in [4.69, 9.17) is 14.0 Å². The van der Waals surface area contributed by atoms with Gasteiger partial charge < -0.3 is 23.8 Å². The molecule has 1 aliphatic heterocycles. The first-order valence-electron chi connectivity index (χ1n) is 19.8. The van der Waals surface area contributed by atoms with Crippen LogP contribution in [0.25, 0.3) is 11.1 Å². The minimum atomic E-state index is -0.735. The Kier molecular flexibility index (Phi) is 9.07. The summed E-state index contributed by atoms with van der Waals surface area (Å²) in [5.41, 5.74) is 9.96. The first kappa shape index (κ1) is 36.6. The van der Waals surface area contributed by atoms with Gasteiger partial charge in [0.1, 0.15) is 5.75 Å². The molecule has 6 heteroatoms. The number of fused-ring (bicyclic) bond motifs is 3. The minimum Gasteiger partial charge on any atom is -0.455 e. The van der Waals surface area contributed by atoms with Crippen LogP contribution in [-0.4, -0.2) is 18.3 Å². The fourth-order valence-electron chi connectivity index (χ4n) is 8.38. The van der Waals surface area contributed by atoms with Crippen LogP contribution in [0.3, 0.4) is 0 Å². The number of ether oxygens (including phenoxy) is 1. The van der Waals surface area contributed by atoms with Crippen molar-refractivity contribution in [3.05, 3.63) is 187 Å². The third-order valence-corrected chi connectivity index (χ3v) is 11.9. The number of para-hydroxylation sites is 4. The fourth-order valence-corrected chi connectivity index (χ4v) is 8.38. The molecule has 7 aromatic carbocycles. The lowest BCUT2D eigenvalue weighted by Gasteiger charge is -2.32. The molecule has 0 radical (unpaired) electrons. The Hall–Kier alpha value is -6.08. The van der Waals surface area contributed by atoms with E-state index < -0.39 is 18.3 Å². The van der Waals surface area contributed by atoms with E-state index in [2.05, 4.69) is 215 Å². The summed E-state index contributed by atoms with van der Waals surface area (Å²) in [6, 6.07) is 61.5. The van der Waals surface area contributed by atoms with Crippen LogP contribution in [0.1, 0.15) is 52.7 Å². The van der Waals surface area contributed by atoms with Gasteiger partial charge in [-0.15, -0.1) is 0 Å². The quantitative estimate of drug-likeness (QED) is 0.137. The molecule has 9 rings (SSSR count). The Morgan fingerprint density at radius 2 is 0.895 bits per heavy atom. The van der Waals surface area contributed by atoms with Crippen LogP contribution in [0.4, 0.5) is 34.1 Å². The van der Waals surface area contributed by atoms with Crippen molar-refractivity contribution >= 4 is 46.7 Å². The summed E-state index contributed by atoms with van der Waals surface area (Å²) in [6.07, 6.45) is 0. The van der Waals surface area contributed by atoms with Crippen molar-refractivity contribution in [2.75, 3.05) is 9.80 Å². The van der Waals surface area contributed by atoms with Crippen LogP contribution in [0.5, 0.6) is 11.5 Å². The largest absolute Gasteiger partial charge is 0.500 e. The number of rotatable bonds is 9. The zero-order valence-electron chi connectivity index (χ0n) is 33.4. The summed E-state index contributed by atoms with van der Waals surface area (Å²) in [7, 11) is -0.735. The highest BCUT2D eigenvalue weighted by atomic mass is 16.7. The fraction of sp³-hybridized carbons (Fsp3) is 0.176. The van der Waals surface area contributed by atoms with Gasteiger partial charge in [0.25, 0.3) is 0 Å². The average Bonchev–Trinajstić information content (AvgIpc) is 3.59. The van der Waals surface area contributed by atoms with Gasteiger partial charge in [0.15, 0.2) is 5.75 Å².